The molecule has 1 fully saturated rings. The van der Waals surface area contributed by atoms with Crippen molar-refractivity contribution < 1.29 is 22.7 Å². The first-order chi connectivity index (χ1) is 15.7. The summed E-state index contributed by atoms with van der Waals surface area (Å²) < 4.78 is 33.1. The molecule has 1 saturated heterocycles. The van der Waals surface area contributed by atoms with Crippen LogP contribution in [0.1, 0.15) is 11.3 Å². The fraction of sp³-hybridized carbons (Fsp3) is 0.261. The van der Waals surface area contributed by atoms with E-state index in [2.05, 4.69) is 4.98 Å². The minimum atomic E-state index is -4.03. The maximum atomic E-state index is 13.1. The van der Waals surface area contributed by atoms with Gasteiger partial charge in [0.1, 0.15) is 17.9 Å². The minimum absolute atomic E-state index is 0.00673. The van der Waals surface area contributed by atoms with Crippen LogP contribution in [0.4, 0.5) is 0 Å². The molecule has 2 N–H and O–H groups in total. The number of nitrogens with two attached hydrogens (primary N) is 1. The quantitative estimate of drug-likeness (QED) is 0.499. The highest BCUT2D eigenvalue weighted by Crippen LogP contribution is 2.31. The number of carbonyl (C=O) groups excluding carboxylic acids is 2. The van der Waals surface area contributed by atoms with Crippen LogP contribution < -0.4 is 10.5 Å². The number of pyridine rings is 1. The van der Waals surface area contributed by atoms with Crippen LogP contribution in [0.3, 0.4) is 0 Å². The molecule has 0 unspecified atom stereocenters. The van der Waals surface area contributed by atoms with Crippen LogP contribution in [0.5, 0.6) is 5.75 Å². The van der Waals surface area contributed by atoms with Gasteiger partial charge >= 0.3 is 0 Å². The number of ether oxygens (including phenoxy) is 1. The summed E-state index contributed by atoms with van der Waals surface area (Å²) in [6.07, 6.45) is 0.557. The minimum Gasteiger partial charge on any atom is -0.489 e. The molecule has 0 atom stereocenters. The highest BCUT2D eigenvalue weighted by Gasteiger charge is 2.55. The number of para-hydroxylation sites is 1. The van der Waals surface area contributed by atoms with Crippen LogP contribution in [0.2, 0.25) is 0 Å². The maximum absolute atomic E-state index is 13.1. The van der Waals surface area contributed by atoms with Gasteiger partial charge in [-0.2, -0.15) is 4.31 Å². The Kier molecular flexibility index (Phi) is 5.81. The topological polar surface area (TPSA) is 123 Å². The zero-order valence-electron chi connectivity index (χ0n) is 18.3. The van der Waals surface area contributed by atoms with Crippen LogP contribution in [0.25, 0.3) is 10.9 Å². The Morgan fingerprint density at radius 3 is 2.52 bits per heavy atom. The molecule has 0 aliphatic carbocycles. The van der Waals surface area contributed by atoms with Crippen LogP contribution >= 0.6 is 0 Å². The molecule has 2 aromatic carbocycles. The molecule has 0 spiro atoms. The van der Waals surface area contributed by atoms with Gasteiger partial charge < -0.3 is 15.4 Å². The lowest BCUT2D eigenvalue weighted by molar-refractivity contribution is -0.142. The number of carbonyl (C=O) groups is 2. The molecule has 0 bridgehead atoms. The van der Waals surface area contributed by atoms with E-state index in [9.17, 15) is 18.0 Å². The van der Waals surface area contributed by atoms with Crippen molar-refractivity contribution in [2.75, 3.05) is 20.1 Å². The summed E-state index contributed by atoms with van der Waals surface area (Å²) in [4.78, 5) is 28.7. The van der Waals surface area contributed by atoms with E-state index in [-0.39, 0.29) is 18.0 Å². The van der Waals surface area contributed by atoms with Gasteiger partial charge in [0.05, 0.1) is 23.5 Å². The average molecular weight is 469 g/mol. The third kappa shape index (κ3) is 4.03. The molecule has 10 heteroatoms. The lowest BCUT2D eigenvalue weighted by Crippen LogP contribution is -2.75. The highest BCUT2D eigenvalue weighted by molar-refractivity contribution is 7.89. The molecule has 1 aromatic heterocycles. The lowest BCUT2D eigenvalue weighted by atomic mass is 9.90. The number of amides is 2. The second-order valence-corrected chi connectivity index (χ2v) is 10.0. The monoisotopic (exact) mass is 468 g/mol. The van der Waals surface area contributed by atoms with Gasteiger partial charge in [-0.1, -0.05) is 18.2 Å². The number of rotatable bonds is 8. The first kappa shape index (κ1) is 22.7. The SMILES string of the molecule is Cc1cc(COc2ccc(S(=O)(=O)N(C)C3(C(N)=O)CN(C=O)C3)cc2)c2ccccc2n1. The third-order valence-corrected chi connectivity index (χ3v) is 7.88. The van der Waals surface area contributed by atoms with Crippen LogP contribution in [0.15, 0.2) is 59.5 Å². The van der Waals surface area contributed by atoms with Gasteiger partial charge in [-0.25, -0.2) is 8.42 Å². The molecule has 1 aliphatic rings. The predicted molar refractivity (Wildman–Crippen MR) is 122 cm³/mol. The summed E-state index contributed by atoms with van der Waals surface area (Å²) in [6, 6.07) is 15.7. The molecule has 33 heavy (non-hydrogen) atoms. The third-order valence-electron chi connectivity index (χ3n) is 5.95. The second-order valence-electron chi connectivity index (χ2n) is 8.08. The molecule has 9 nitrogen and oxygen atoms in total. The fourth-order valence-electron chi connectivity index (χ4n) is 3.98. The first-order valence-electron chi connectivity index (χ1n) is 10.2. The highest BCUT2D eigenvalue weighted by atomic mass is 32.2. The van der Waals surface area contributed by atoms with Gasteiger partial charge in [-0.15, -0.1) is 0 Å². The van der Waals surface area contributed by atoms with Crippen molar-refractivity contribution in [1.29, 1.82) is 0 Å². The Morgan fingerprint density at radius 2 is 1.88 bits per heavy atom. The van der Waals surface area contributed by atoms with Crippen LogP contribution in [-0.2, 0) is 26.2 Å². The van der Waals surface area contributed by atoms with Gasteiger partial charge in [0.15, 0.2) is 0 Å². The van der Waals surface area contributed by atoms with Crippen molar-refractivity contribution in [1.82, 2.24) is 14.2 Å². The van der Waals surface area contributed by atoms with Crippen molar-refractivity contribution in [3.05, 3.63) is 65.9 Å². The summed E-state index contributed by atoms with van der Waals surface area (Å²) >= 11 is 0. The van der Waals surface area contributed by atoms with Crippen molar-refractivity contribution in [2.24, 2.45) is 5.73 Å². The van der Waals surface area contributed by atoms with Crippen LogP contribution in [0, 0.1) is 6.92 Å². The molecule has 3 aromatic rings. The van der Waals surface area contributed by atoms with Crippen molar-refractivity contribution in [3.63, 3.8) is 0 Å². The van der Waals surface area contributed by atoms with E-state index >= 15 is 0 Å². The smallest absolute Gasteiger partial charge is 0.243 e. The van der Waals surface area contributed by atoms with Gasteiger partial charge in [-0.05, 0) is 43.3 Å². The molecular weight excluding hydrogens is 444 g/mol. The van der Waals surface area contributed by atoms with Crippen molar-refractivity contribution in [2.45, 2.75) is 24.0 Å². The Morgan fingerprint density at radius 1 is 1.21 bits per heavy atom. The zero-order valence-corrected chi connectivity index (χ0v) is 19.1. The number of likely N-dealkylation sites (tertiary alicyclic amines) is 1. The van der Waals surface area contributed by atoms with Crippen molar-refractivity contribution in [3.8, 4) is 5.75 Å². The van der Waals surface area contributed by atoms with Crippen LogP contribution in [-0.4, -0.2) is 60.6 Å². The Bertz CT molecular complexity index is 1320. The maximum Gasteiger partial charge on any atom is 0.243 e. The second kappa shape index (κ2) is 8.45. The van der Waals surface area contributed by atoms with E-state index in [1.807, 2.05) is 37.3 Å². The molecule has 0 saturated carbocycles. The first-order valence-corrected chi connectivity index (χ1v) is 11.7. The number of aromatic nitrogens is 1. The molecule has 0 radical (unpaired) electrons. The number of hydrogen-bond donors (Lipinski definition) is 1. The zero-order chi connectivity index (χ0) is 23.8. The van der Waals surface area contributed by atoms with E-state index in [1.54, 1.807) is 12.1 Å². The predicted octanol–water partition coefficient (Wildman–Crippen LogP) is 1.44. The van der Waals surface area contributed by atoms with Gasteiger partial charge in [-0.3, -0.25) is 14.6 Å². The lowest BCUT2D eigenvalue weighted by Gasteiger charge is -2.50. The molecule has 1 aliphatic heterocycles. The number of likely N-dealkylation sites (N-methyl/N-ethyl adjacent to an activating group) is 1. The summed E-state index contributed by atoms with van der Waals surface area (Å²) in [5, 5.41) is 0.991. The largest absolute Gasteiger partial charge is 0.489 e. The number of primary amides is 1. The number of fused-ring (bicyclic) bond motifs is 1. The number of nitrogens with zero attached hydrogens (tertiary/aromatic N) is 3. The van der Waals surface area contributed by atoms with Crippen molar-refractivity contribution >= 4 is 33.2 Å². The van der Waals surface area contributed by atoms with E-state index in [0.717, 1.165) is 26.5 Å². The summed E-state index contributed by atoms with van der Waals surface area (Å²) in [5.74, 6) is -0.304. The standard InChI is InChI=1S/C23H24N4O5S/c1-16-11-17(20-5-3-4-6-21(20)25-16)12-32-18-7-9-19(10-8-18)33(30,31)26(2)23(22(24)29)13-27(14-23)15-28/h3-11,15H,12-14H2,1-2H3,(H2,24,29). The molecular formula is C23H24N4O5S. The van der Waals surface area contributed by atoms with E-state index in [1.165, 1.54) is 24.1 Å². The summed E-state index contributed by atoms with van der Waals surface area (Å²) in [7, 11) is -2.73. The number of benzene rings is 2. The summed E-state index contributed by atoms with van der Waals surface area (Å²) in [5.41, 5.74) is 6.76. The van der Waals surface area contributed by atoms with Gasteiger partial charge in [0.2, 0.25) is 22.3 Å². The van der Waals surface area contributed by atoms with Gasteiger partial charge in [0.25, 0.3) is 0 Å². The molecule has 172 valence electrons. The number of hydrogen-bond acceptors (Lipinski definition) is 6. The molecule has 2 amide bonds. The Balaban J connectivity index is 1.51. The Hall–Kier alpha value is -3.50. The number of aryl methyl sites for hydroxylation is 1. The molecule has 2 heterocycles. The average Bonchev–Trinajstić information content (AvgIpc) is 2.76. The number of sulfonamides is 1. The van der Waals surface area contributed by atoms with E-state index in [0.29, 0.717) is 18.8 Å². The normalized spacial score (nSPS) is 15.3. The Labute approximate surface area is 191 Å². The summed E-state index contributed by atoms with van der Waals surface area (Å²) in [6.45, 7) is 2.05. The van der Waals surface area contributed by atoms with E-state index < -0.39 is 21.5 Å². The molecule has 4 rings (SSSR count). The fourth-order valence-corrected chi connectivity index (χ4v) is 5.44. The van der Waals surface area contributed by atoms with E-state index in [4.69, 9.17) is 10.5 Å². The van der Waals surface area contributed by atoms with Gasteiger partial charge in [0, 0.05) is 23.7 Å².